The van der Waals surface area contributed by atoms with Crippen molar-refractivity contribution in [3.8, 4) is 0 Å². The molecule has 0 aromatic heterocycles. The summed E-state index contributed by atoms with van der Waals surface area (Å²) >= 11 is 5.68. The van der Waals surface area contributed by atoms with E-state index >= 15 is 0 Å². The van der Waals surface area contributed by atoms with Gasteiger partial charge in [-0.3, -0.25) is 4.79 Å². The lowest BCUT2D eigenvalue weighted by atomic mass is 10.1. The Hall–Kier alpha value is -2.14. The monoisotopic (exact) mass is 282 g/mol. The van der Waals surface area contributed by atoms with Gasteiger partial charge in [0, 0.05) is 11.8 Å². The maximum atomic E-state index is 13.5. The lowest BCUT2D eigenvalue weighted by molar-refractivity contribution is 0.102. The van der Waals surface area contributed by atoms with Gasteiger partial charge in [-0.15, -0.1) is 0 Å². The number of nitrogen functional groups attached to an aromatic ring is 1. The molecular weight excluding hydrogens is 274 g/mol. The van der Waals surface area contributed by atoms with Crippen LogP contribution in [-0.4, -0.2) is 5.91 Å². The molecule has 1 amide bonds. The lowest BCUT2D eigenvalue weighted by Crippen LogP contribution is -2.15. The summed E-state index contributed by atoms with van der Waals surface area (Å²) in [6.07, 6.45) is 0. The molecule has 0 spiro atoms. The fourth-order valence-corrected chi connectivity index (χ4v) is 1.79. The first-order valence-electron chi connectivity index (χ1n) is 5.29. The summed E-state index contributed by atoms with van der Waals surface area (Å²) in [5.74, 6) is -2.39. The number of amides is 1. The van der Waals surface area contributed by atoms with E-state index in [0.29, 0.717) is 6.07 Å². The van der Waals surface area contributed by atoms with Gasteiger partial charge >= 0.3 is 0 Å². The van der Waals surface area contributed by atoms with Crippen LogP contribution >= 0.6 is 11.6 Å². The number of halogens is 3. The van der Waals surface area contributed by atoms with Crippen LogP contribution in [0.1, 0.15) is 10.4 Å². The van der Waals surface area contributed by atoms with E-state index in [-0.39, 0.29) is 22.0 Å². The summed E-state index contributed by atoms with van der Waals surface area (Å²) in [6.45, 7) is 0. The average Bonchev–Trinajstić information content (AvgIpc) is 2.34. The van der Waals surface area contributed by atoms with Crippen molar-refractivity contribution < 1.29 is 13.6 Å². The largest absolute Gasteiger partial charge is 0.398 e. The van der Waals surface area contributed by atoms with Crippen molar-refractivity contribution in [1.29, 1.82) is 0 Å². The lowest BCUT2D eigenvalue weighted by Gasteiger charge is -2.10. The molecule has 0 radical (unpaired) electrons. The predicted octanol–water partition coefficient (Wildman–Crippen LogP) is 3.45. The van der Waals surface area contributed by atoms with E-state index in [2.05, 4.69) is 5.32 Å². The summed E-state index contributed by atoms with van der Waals surface area (Å²) in [5, 5.41) is 2.05. The molecule has 0 aliphatic rings. The zero-order valence-electron chi connectivity index (χ0n) is 9.58. The smallest absolute Gasteiger partial charge is 0.257 e. The van der Waals surface area contributed by atoms with Crippen molar-refractivity contribution in [2.45, 2.75) is 0 Å². The van der Waals surface area contributed by atoms with Gasteiger partial charge in [0.25, 0.3) is 5.91 Å². The van der Waals surface area contributed by atoms with E-state index in [1.807, 2.05) is 0 Å². The highest BCUT2D eigenvalue weighted by molar-refractivity contribution is 6.34. The van der Waals surface area contributed by atoms with Crippen LogP contribution < -0.4 is 11.1 Å². The minimum atomic E-state index is -0.951. The summed E-state index contributed by atoms with van der Waals surface area (Å²) in [5.41, 5.74) is 5.78. The average molecular weight is 283 g/mol. The first kappa shape index (κ1) is 13.3. The molecule has 0 unspecified atom stereocenters. The molecule has 0 heterocycles. The van der Waals surface area contributed by atoms with E-state index in [1.54, 1.807) is 12.1 Å². The fourth-order valence-electron chi connectivity index (χ4n) is 1.55. The molecule has 0 bridgehead atoms. The third-order valence-corrected chi connectivity index (χ3v) is 2.75. The Kier molecular flexibility index (Phi) is 3.66. The summed E-state index contributed by atoms with van der Waals surface area (Å²) in [7, 11) is 0. The van der Waals surface area contributed by atoms with Gasteiger partial charge in [-0.1, -0.05) is 23.7 Å². The van der Waals surface area contributed by atoms with E-state index in [9.17, 15) is 13.6 Å². The molecule has 2 aromatic rings. The van der Waals surface area contributed by atoms with Crippen LogP contribution in [-0.2, 0) is 0 Å². The van der Waals surface area contributed by atoms with Gasteiger partial charge in [-0.05, 0) is 18.2 Å². The normalized spacial score (nSPS) is 10.3. The Morgan fingerprint density at radius 1 is 1.21 bits per heavy atom. The zero-order valence-corrected chi connectivity index (χ0v) is 10.3. The molecule has 0 saturated carbocycles. The first-order chi connectivity index (χ1) is 8.99. The topological polar surface area (TPSA) is 55.1 Å². The second kappa shape index (κ2) is 5.24. The van der Waals surface area contributed by atoms with Gasteiger partial charge in [-0.25, -0.2) is 8.78 Å². The number of nitrogens with one attached hydrogen (secondary N) is 1. The fraction of sp³-hybridized carbons (Fsp3) is 0. The van der Waals surface area contributed by atoms with E-state index in [0.717, 1.165) is 6.07 Å². The van der Waals surface area contributed by atoms with Crippen molar-refractivity contribution in [2.24, 2.45) is 0 Å². The number of hydrogen-bond acceptors (Lipinski definition) is 2. The van der Waals surface area contributed by atoms with Crippen LogP contribution in [0.4, 0.5) is 20.2 Å². The molecule has 98 valence electrons. The summed E-state index contributed by atoms with van der Waals surface area (Å²) in [6, 6.07) is 7.85. The molecule has 3 N–H and O–H groups in total. The first-order valence-corrected chi connectivity index (χ1v) is 5.67. The molecule has 0 fully saturated rings. The summed E-state index contributed by atoms with van der Waals surface area (Å²) < 4.78 is 26.4. The number of carbonyl (C=O) groups excluding carboxylic acids is 1. The number of hydrogen-bond donors (Lipinski definition) is 2. The predicted molar refractivity (Wildman–Crippen MR) is 70.2 cm³/mol. The van der Waals surface area contributed by atoms with Crippen LogP contribution in [0, 0.1) is 11.6 Å². The highest BCUT2D eigenvalue weighted by Crippen LogP contribution is 2.27. The van der Waals surface area contributed by atoms with Crippen LogP contribution in [0.15, 0.2) is 36.4 Å². The van der Waals surface area contributed by atoms with Crippen molar-refractivity contribution >= 4 is 28.9 Å². The highest BCUT2D eigenvalue weighted by atomic mass is 35.5. The maximum absolute atomic E-state index is 13.5. The quantitative estimate of drug-likeness (QED) is 0.829. The Balaban J connectivity index is 2.32. The molecule has 3 nitrogen and oxygen atoms in total. The molecule has 19 heavy (non-hydrogen) atoms. The van der Waals surface area contributed by atoms with Gasteiger partial charge < -0.3 is 11.1 Å². The van der Waals surface area contributed by atoms with Crippen LogP contribution in [0.25, 0.3) is 0 Å². The van der Waals surface area contributed by atoms with Gasteiger partial charge in [0.05, 0.1) is 16.3 Å². The molecule has 6 heteroatoms. The number of anilines is 2. The zero-order chi connectivity index (χ0) is 14.0. The third kappa shape index (κ3) is 2.82. The maximum Gasteiger partial charge on any atom is 0.257 e. The van der Waals surface area contributed by atoms with Gasteiger partial charge in [0.1, 0.15) is 5.82 Å². The number of nitrogens with two attached hydrogens (primary N) is 1. The Bertz CT molecular complexity index is 623. The van der Waals surface area contributed by atoms with E-state index in [4.69, 9.17) is 17.3 Å². The van der Waals surface area contributed by atoms with Gasteiger partial charge in [0.2, 0.25) is 0 Å². The minimum absolute atomic E-state index is 0.183. The van der Waals surface area contributed by atoms with Crippen molar-refractivity contribution in [3.63, 3.8) is 0 Å². The number of rotatable bonds is 2. The third-order valence-electron chi connectivity index (χ3n) is 2.45. The van der Waals surface area contributed by atoms with Crippen LogP contribution in [0.3, 0.4) is 0 Å². The SMILES string of the molecule is Nc1ccccc1C(=O)Nc1c(F)cc(F)cc1Cl. The molecule has 0 aliphatic carbocycles. The minimum Gasteiger partial charge on any atom is -0.398 e. The van der Waals surface area contributed by atoms with E-state index < -0.39 is 17.5 Å². The number of para-hydroxylation sites is 1. The Morgan fingerprint density at radius 2 is 1.89 bits per heavy atom. The van der Waals surface area contributed by atoms with E-state index in [1.165, 1.54) is 12.1 Å². The van der Waals surface area contributed by atoms with Crippen molar-refractivity contribution in [3.05, 3.63) is 58.6 Å². The standard InChI is InChI=1S/C13H9ClF2N2O/c14-9-5-7(15)6-10(16)12(9)18-13(19)8-3-1-2-4-11(8)17/h1-6H,17H2,(H,18,19). The molecule has 2 rings (SSSR count). The van der Waals surface area contributed by atoms with Crippen LogP contribution in [0.2, 0.25) is 5.02 Å². The molecule has 0 saturated heterocycles. The Labute approximate surface area is 113 Å². The van der Waals surface area contributed by atoms with Crippen LogP contribution in [0.5, 0.6) is 0 Å². The molecule has 0 atom stereocenters. The van der Waals surface area contributed by atoms with Gasteiger partial charge in [-0.2, -0.15) is 0 Å². The van der Waals surface area contributed by atoms with Gasteiger partial charge in [0.15, 0.2) is 5.82 Å². The second-order valence-electron chi connectivity index (χ2n) is 3.79. The van der Waals surface area contributed by atoms with Crippen molar-refractivity contribution in [2.75, 3.05) is 11.1 Å². The molecule has 0 aliphatic heterocycles. The number of benzene rings is 2. The molecular formula is C13H9ClF2N2O. The summed E-state index contributed by atoms with van der Waals surface area (Å²) in [4.78, 5) is 11.9. The number of carbonyl (C=O) groups is 1. The second-order valence-corrected chi connectivity index (χ2v) is 4.19. The van der Waals surface area contributed by atoms with Crippen molar-refractivity contribution in [1.82, 2.24) is 0 Å². The highest BCUT2D eigenvalue weighted by Gasteiger charge is 2.15. The molecule has 2 aromatic carbocycles. The Morgan fingerprint density at radius 3 is 2.53 bits per heavy atom.